The third kappa shape index (κ3) is 5.45. The zero-order valence-electron chi connectivity index (χ0n) is 20.4. The van der Waals surface area contributed by atoms with Crippen molar-refractivity contribution in [3.8, 4) is 22.3 Å². The molecule has 3 aromatic rings. The van der Waals surface area contributed by atoms with Crippen molar-refractivity contribution < 1.29 is 22.3 Å². The van der Waals surface area contributed by atoms with Gasteiger partial charge >= 0.3 is 0 Å². The van der Waals surface area contributed by atoms with Crippen LogP contribution in [0.15, 0.2) is 48.5 Å². The van der Waals surface area contributed by atoms with E-state index in [0.717, 1.165) is 45.1 Å². The van der Waals surface area contributed by atoms with Crippen LogP contribution in [0.5, 0.6) is 0 Å². The van der Waals surface area contributed by atoms with Gasteiger partial charge < -0.3 is 4.74 Å². The van der Waals surface area contributed by atoms with Gasteiger partial charge in [0, 0.05) is 17.7 Å². The zero-order valence-corrected chi connectivity index (χ0v) is 20.4. The van der Waals surface area contributed by atoms with E-state index in [1.807, 2.05) is 6.92 Å². The van der Waals surface area contributed by atoms with Crippen LogP contribution in [0.4, 0.5) is 17.6 Å². The predicted octanol–water partition coefficient (Wildman–Crippen LogP) is 8.98. The summed E-state index contributed by atoms with van der Waals surface area (Å²) in [6.45, 7) is 4.71. The highest BCUT2D eigenvalue weighted by atomic mass is 19.2. The van der Waals surface area contributed by atoms with E-state index in [0.29, 0.717) is 28.7 Å². The molecule has 0 N–H and O–H groups in total. The monoisotopic (exact) mass is 484 g/mol. The fourth-order valence-electron chi connectivity index (χ4n) is 5.03. The largest absolute Gasteiger partial charge is 0.378 e. The molecule has 1 aliphatic carbocycles. The van der Waals surface area contributed by atoms with E-state index in [9.17, 15) is 8.78 Å². The first-order valence-corrected chi connectivity index (χ1v) is 12.6. The molecule has 4 rings (SSSR count). The predicted molar refractivity (Wildman–Crippen MR) is 132 cm³/mol. The Labute approximate surface area is 205 Å². The summed E-state index contributed by atoms with van der Waals surface area (Å²) in [5.74, 6) is -3.41. The first kappa shape index (κ1) is 25.4. The molecule has 0 radical (unpaired) electrons. The number of hydrogen-bond donors (Lipinski definition) is 0. The maximum Gasteiger partial charge on any atom is 0.166 e. The molecule has 1 fully saturated rings. The van der Waals surface area contributed by atoms with Gasteiger partial charge in [-0.1, -0.05) is 68.8 Å². The van der Waals surface area contributed by atoms with Crippen LogP contribution in [-0.2, 0) is 11.2 Å². The van der Waals surface area contributed by atoms with Crippen molar-refractivity contribution >= 4 is 0 Å². The van der Waals surface area contributed by atoms with Crippen LogP contribution in [0.3, 0.4) is 0 Å². The standard InChI is InChI=1S/C30H32F4O/c1-3-5-22-12-15-24(28(32)27(22)31)19-6-8-20(9-7-19)25-16-17-26(30(34)29(25)33)21-10-13-23(14-11-21)35-18-4-2/h6-9,12,15-17,21,23H,3-5,10-11,13-14,18H2,1-2H3. The minimum Gasteiger partial charge on any atom is -0.378 e. The van der Waals surface area contributed by atoms with Gasteiger partial charge in [-0.2, -0.15) is 0 Å². The average Bonchev–Trinajstić information content (AvgIpc) is 2.88. The average molecular weight is 485 g/mol. The van der Waals surface area contributed by atoms with Gasteiger partial charge in [-0.25, -0.2) is 17.6 Å². The fraction of sp³-hybridized carbons (Fsp3) is 0.400. The molecule has 0 atom stereocenters. The van der Waals surface area contributed by atoms with E-state index in [4.69, 9.17) is 4.74 Å². The summed E-state index contributed by atoms with van der Waals surface area (Å²) in [5.41, 5.74) is 2.04. The van der Waals surface area contributed by atoms with Crippen LogP contribution in [0.25, 0.3) is 22.3 Å². The first-order chi connectivity index (χ1) is 16.9. The summed E-state index contributed by atoms with van der Waals surface area (Å²) in [7, 11) is 0. The molecule has 5 heteroatoms. The Morgan fingerprint density at radius 1 is 0.657 bits per heavy atom. The van der Waals surface area contributed by atoms with Crippen LogP contribution in [-0.4, -0.2) is 12.7 Å². The zero-order chi connectivity index (χ0) is 24.9. The van der Waals surface area contributed by atoms with Crippen LogP contribution >= 0.6 is 0 Å². The second-order valence-electron chi connectivity index (χ2n) is 9.40. The molecule has 1 nitrogen and oxygen atoms in total. The molecule has 0 aromatic heterocycles. The van der Waals surface area contributed by atoms with Crippen molar-refractivity contribution in [2.45, 2.75) is 70.8 Å². The highest BCUT2D eigenvalue weighted by Crippen LogP contribution is 2.38. The van der Waals surface area contributed by atoms with E-state index in [-0.39, 0.29) is 23.1 Å². The van der Waals surface area contributed by atoms with Crippen molar-refractivity contribution in [2.75, 3.05) is 6.61 Å². The fourth-order valence-corrected chi connectivity index (χ4v) is 5.03. The van der Waals surface area contributed by atoms with E-state index >= 15 is 8.78 Å². The number of hydrogen-bond acceptors (Lipinski definition) is 1. The summed E-state index contributed by atoms with van der Waals surface area (Å²) < 4.78 is 65.0. The Kier molecular flexibility index (Phi) is 8.27. The number of rotatable bonds is 8. The van der Waals surface area contributed by atoms with E-state index < -0.39 is 23.3 Å². The molecule has 35 heavy (non-hydrogen) atoms. The van der Waals surface area contributed by atoms with Crippen LogP contribution < -0.4 is 0 Å². The van der Waals surface area contributed by atoms with Gasteiger partial charge in [0.15, 0.2) is 23.3 Å². The number of ether oxygens (including phenoxy) is 1. The lowest BCUT2D eigenvalue weighted by atomic mass is 9.82. The van der Waals surface area contributed by atoms with Crippen LogP contribution in [0.2, 0.25) is 0 Å². The van der Waals surface area contributed by atoms with Gasteiger partial charge in [-0.05, 0) is 66.7 Å². The molecule has 3 aromatic carbocycles. The summed E-state index contributed by atoms with van der Waals surface area (Å²) in [4.78, 5) is 0. The van der Waals surface area contributed by atoms with Gasteiger partial charge in [0.2, 0.25) is 0 Å². The molecule has 0 unspecified atom stereocenters. The van der Waals surface area contributed by atoms with Gasteiger partial charge in [-0.15, -0.1) is 0 Å². The number of aryl methyl sites for hydroxylation is 1. The quantitative estimate of drug-likeness (QED) is 0.290. The first-order valence-electron chi connectivity index (χ1n) is 12.6. The molecule has 0 amide bonds. The molecular weight excluding hydrogens is 452 g/mol. The lowest BCUT2D eigenvalue weighted by Gasteiger charge is -2.29. The molecule has 186 valence electrons. The summed E-state index contributed by atoms with van der Waals surface area (Å²) in [6.07, 6.45) is 5.63. The van der Waals surface area contributed by atoms with E-state index in [1.165, 1.54) is 0 Å². The lowest BCUT2D eigenvalue weighted by molar-refractivity contribution is 0.0249. The molecule has 0 bridgehead atoms. The van der Waals surface area contributed by atoms with Crippen molar-refractivity contribution in [1.29, 1.82) is 0 Å². The minimum absolute atomic E-state index is 0.0176. The normalized spacial score (nSPS) is 18.1. The van der Waals surface area contributed by atoms with E-state index in [2.05, 4.69) is 6.92 Å². The SMILES string of the molecule is CCCOC1CCC(c2ccc(-c3ccc(-c4ccc(CCC)c(F)c4F)cc3)c(F)c2F)CC1. The van der Waals surface area contributed by atoms with Gasteiger partial charge in [0.1, 0.15) is 0 Å². The topological polar surface area (TPSA) is 9.23 Å². The maximum atomic E-state index is 15.1. The Hall–Kier alpha value is -2.66. The van der Waals surface area contributed by atoms with Gasteiger partial charge in [-0.3, -0.25) is 0 Å². The van der Waals surface area contributed by atoms with Gasteiger partial charge in [0.25, 0.3) is 0 Å². The highest BCUT2D eigenvalue weighted by Gasteiger charge is 2.27. The molecule has 0 heterocycles. The van der Waals surface area contributed by atoms with Crippen molar-refractivity contribution in [3.63, 3.8) is 0 Å². The second kappa shape index (κ2) is 11.4. The Morgan fingerprint density at radius 3 is 1.80 bits per heavy atom. The molecule has 0 spiro atoms. The van der Waals surface area contributed by atoms with Crippen molar-refractivity contribution in [2.24, 2.45) is 0 Å². The smallest absolute Gasteiger partial charge is 0.166 e. The Morgan fingerprint density at radius 2 is 1.23 bits per heavy atom. The number of benzene rings is 3. The summed E-state index contributed by atoms with van der Waals surface area (Å²) in [6, 6.07) is 12.9. The summed E-state index contributed by atoms with van der Waals surface area (Å²) in [5, 5.41) is 0. The van der Waals surface area contributed by atoms with Crippen LogP contribution in [0, 0.1) is 23.3 Å². The van der Waals surface area contributed by atoms with Crippen LogP contribution in [0.1, 0.15) is 69.4 Å². The van der Waals surface area contributed by atoms with Crippen molar-refractivity contribution in [3.05, 3.63) is 82.9 Å². The second-order valence-corrected chi connectivity index (χ2v) is 9.40. The molecular formula is C30H32F4O. The Bertz CT molecular complexity index is 1150. The number of halogens is 4. The molecule has 0 saturated heterocycles. The Balaban J connectivity index is 1.53. The highest BCUT2D eigenvalue weighted by molar-refractivity contribution is 5.71. The van der Waals surface area contributed by atoms with E-state index in [1.54, 1.807) is 48.5 Å². The third-order valence-electron chi connectivity index (χ3n) is 6.97. The van der Waals surface area contributed by atoms with Crippen molar-refractivity contribution in [1.82, 2.24) is 0 Å². The summed E-state index contributed by atoms with van der Waals surface area (Å²) >= 11 is 0. The molecule has 0 aliphatic heterocycles. The third-order valence-corrected chi connectivity index (χ3v) is 6.97. The van der Waals surface area contributed by atoms with Gasteiger partial charge in [0.05, 0.1) is 6.10 Å². The molecule has 1 aliphatic rings. The molecule has 1 saturated carbocycles. The maximum absolute atomic E-state index is 15.1. The minimum atomic E-state index is -0.889. The lowest BCUT2D eigenvalue weighted by Crippen LogP contribution is -2.21.